The molecule has 1 unspecified atom stereocenters. The largest absolute Gasteiger partial charge is 0.394 e. The van der Waals surface area contributed by atoms with Crippen molar-refractivity contribution in [2.45, 2.75) is 25.4 Å². The molecule has 1 aliphatic heterocycles. The predicted molar refractivity (Wildman–Crippen MR) is 77.6 cm³/mol. The topological polar surface area (TPSA) is 70.4 Å². The third-order valence-corrected chi connectivity index (χ3v) is 4.22. The van der Waals surface area contributed by atoms with Gasteiger partial charge in [-0.2, -0.15) is 5.10 Å². The molecule has 1 aromatic rings. The molecule has 1 saturated heterocycles. The number of likely N-dealkylation sites (N-methyl/N-ethyl adjacent to an activating group) is 1. The van der Waals surface area contributed by atoms with Gasteiger partial charge in [-0.3, -0.25) is 4.79 Å². The second-order valence-corrected chi connectivity index (χ2v) is 5.50. The lowest BCUT2D eigenvalue weighted by Crippen LogP contribution is -2.45. The summed E-state index contributed by atoms with van der Waals surface area (Å²) in [6.45, 7) is 2.10. The van der Waals surface area contributed by atoms with Gasteiger partial charge in [-0.1, -0.05) is 0 Å². The van der Waals surface area contributed by atoms with E-state index in [4.69, 9.17) is 5.11 Å². The molecule has 0 aliphatic carbocycles. The van der Waals surface area contributed by atoms with Crippen LogP contribution in [0.1, 0.15) is 12.8 Å². The Bertz CT molecular complexity index is 485. The number of piperidine rings is 1. The fourth-order valence-electron chi connectivity index (χ4n) is 2.32. The van der Waals surface area contributed by atoms with E-state index in [0.29, 0.717) is 10.5 Å². The lowest BCUT2D eigenvalue weighted by molar-refractivity contribution is 0.266. The highest BCUT2D eigenvalue weighted by atomic mass is 79.9. The van der Waals surface area contributed by atoms with Crippen LogP contribution >= 0.6 is 15.9 Å². The summed E-state index contributed by atoms with van der Waals surface area (Å²) in [5.41, 5.74) is 0.593. The molecule has 0 radical (unpaired) electrons. The second kappa shape index (κ2) is 6.49. The van der Waals surface area contributed by atoms with Crippen molar-refractivity contribution in [3.63, 3.8) is 0 Å². The minimum Gasteiger partial charge on any atom is -0.394 e. The molecule has 2 heterocycles. The van der Waals surface area contributed by atoms with E-state index in [1.165, 1.54) is 4.68 Å². The number of aliphatic hydroxyl groups excluding tert-OH is 1. The first-order valence-electron chi connectivity index (χ1n) is 6.45. The third kappa shape index (κ3) is 3.16. The first kappa shape index (κ1) is 14.5. The summed E-state index contributed by atoms with van der Waals surface area (Å²) in [6.07, 6.45) is 3.92. The lowest BCUT2D eigenvalue weighted by Gasteiger charge is -2.33. The molecule has 6 nitrogen and oxygen atoms in total. The van der Waals surface area contributed by atoms with E-state index in [-0.39, 0.29) is 18.7 Å². The smallest absolute Gasteiger partial charge is 0.283 e. The van der Waals surface area contributed by atoms with E-state index in [2.05, 4.69) is 31.2 Å². The monoisotopic (exact) mass is 330 g/mol. The molecule has 19 heavy (non-hydrogen) atoms. The summed E-state index contributed by atoms with van der Waals surface area (Å²) in [7, 11) is 1.98. The fraction of sp³-hybridized carbons (Fsp3) is 0.667. The first-order valence-corrected chi connectivity index (χ1v) is 7.24. The number of anilines is 1. The van der Waals surface area contributed by atoms with Gasteiger partial charge in [0.15, 0.2) is 0 Å². The maximum atomic E-state index is 12.1. The number of hydrogen-bond donors (Lipinski definition) is 2. The summed E-state index contributed by atoms with van der Waals surface area (Å²) >= 11 is 3.35. The highest BCUT2D eigenvalue weighted by Crippen LogP contribution is 2.24. The molecule has 1 aromatic heterocycles. The second-order valence-electron chi connectivity index (χ2n) is 4.71. The van der Waals surface area contributed by atoms with Crippen LogP contribution in [0.2, 0.25) is 0 Å². The zero-order chi connectivity index (χ0) is 13.8. The van der Waals surface area contributed by atoms with Gasteiger partial charge < -0.3 is 15.3 Å². The summed E-state index contributed by atoms with van der Waals surface area (Å²) in [5, 5.41) is 16.3. The molecule has 2 N–H and O–H groups in total. The number of rotatable bonds is 4. The highest BCUT2D eigenvalue weighted by Gasteiger charge is 2.21. The van der Waals surface area contributed by atoms with Gasteiger partial charge in [0.05, 0.1) is 25.0 Å². The van der Waals surface area contributed by atoms with E-state index in [1.54, 1.807) is 6.20 Å². The Morgan fingerprint density at radius 1 is 1.68 bits per heavy atom. The number of nitrogens with one attached hydrogen (secondary N) is 1. The van der Waals surface area contributed by atoms with Crippen LogP contribution in [0.15, 0.2) is 15.5 Å². The normalized spacial score (nSPS) is 19.4. The van der Waals surface area contributed by atoms with E-state index < -0.39 is 0 Å². The van der Waals surface area contributed by atoms with Crippen LogP contribution < -0.4 is 15.8 Å². The number of aliphatic hydroxyl groups is 1. The number of nitrogens with zero attached hydrogens (tertiary/aromatic N) is 3. The van der Waals surface area contributed by atoms with E-state index in [9.17, 15) is 4.79 Å². The Hall–Kier alpha value is -0.920. The Labute approximate surface area is 120 Å². The summed E-state index contributed by atoms with van der Waals surface area (Å²) in [5.74, 6) is 0. The minimum atomic E-state index is -0.206. The standard InChI is InChI=1S/C12H19BrN4O2/c1-16(9-3-2-4-14-7-9)10-8-15-17(5-6-18)12(19)11(10)13/h8-9,14,18H,2-7H2,1H3. The number of hydrogen-bond acceptors (Lipinski definition) is 5. The fourth-order valence-corrected chi connectivity index (χ4v) is 2.90. The SMILES string of the molecule is CN(c1cnn(CCO)c(=O)c1Br)C1CCCNC1. The van der Waals surface area contributed by atoms with Gasteiger partial charge in [-0.25, -0.2) is 4.68 Å². The predicted octanol–water partition coefficient (Wildman–Crippen LogP) is 0.186. The molecule has 106 valence electrons. The average molecular weight is 331 g/mol. The van der Waals surface area contributed by atoms with Gasteiger partial charge in [0, 0.05) is 19.6 Å². The highest BCUT2D eigenvalue weighted by molar-refractivity contribution is 9.10. The molecular weight excluding hydrogens is 312 g/mol. The molecular formula is C12H19BrN4O2. The van der Waals surface area contributed by atoms with Gasteiger partial charge in [-0.15, -0.1) is 0 Å². The Morgan fingerprint density at radius 3 is 3.11 bits per heavy atom. The van der Waals surface area contributed by atoms with Crippen LogP contribution in [-0.4, -0.2) is 47.7 Å². The van der Waals surface area contributed by atoms with Crippen molar-refractivity contribution in [2.75, 3.05) is 31.6 Å². The molecule has 7 heteroatoms. The molecule has 1 atom stereocenters. The summed E-state index contributed by atoms with van der Waals surface area (Å²) < 4.78 is 1.77. The van der Waals surface area contributed by atoms with E-state index >= 15 is 0 Å². The first-order chi connectivity index (χ1) is 9.15. The Balaban J connectivity index is 2.24. The molecule has 0 spiro atoms. The number of halogens is 1. The van der Waals surface area contributed by atoms with Crippen LogP contribution in [0, 0.1) is 0 Å². The summed E-state index contributed by atoms with van der Waals surface area (Å²) in [6, 6.07) is 0.375. The van der Waals surface area contributed by atoms with Crippen molar-refractivity contribution < 1.29 is 5.11 Å². The Kier molecular flexibility index (Phi) is 4.95. The summed E-state index contributed by atoms with van der Waals surface area (Å²) in [4.78, 5) is 14.2. The molecule has 0 amide bonds. The quantitative estimate of drug-likeness (QED) is 0.824. The van der Waals surface area contributed by atoms with Crippen molar-refractivity contribution in [2.24, 2.45) is 0 Å². The van der Waals surface area contributed by atoms with Gasteiger partial charge in [0.2, 0.25) is 0 Å². The van der Waals surface area contributed by atoms with Crippen molar-refractivity contribution in [1.82, 2.24) is 15.1 Å². The van der Waals surface area contributed by atoms with Crippen molar-refractivity contribution in [3.8, 4) is 0 Å². The van der Waals surface area contributed by atoms with Crippen LogP contribution in [0.5, 0.6) is 0 Å². The zero-order valence-corrected chi connectivity index (χ0v) is 12.6. The molecule has 1 fully saturated rings. The third-order valence-electron chi connectivity index (χ3n) is 3.48. The molecule has 0 bridgehead atoms. The zero-order valence-electron chi connectivity index (χ0n) is 11.0. The van der Waals surface area contributed by atoms with Crippen molar-refractivity contribution in [1.29, 1.82) is 0 Å². The maximum Gasteiger partial charge on any atom is 0.283 e. The van der Waals surface area contributed by atoms with Gasteiger partial charge in [-0.05, 0) is 35.3 Å². The van der Waals surface area contributed by atoms with Gasteiger partial charge in [0.25, 0.3) is 5.56 Å². The molecule has 1 aliphatic rings. The Morgan fingerprint density at radius 2 is 2.47 bits per heavy atom. The molecule has 0 aromatic carbocycles. The molecule has 0 saturated carbocycles. The van der Waals surface area contributed by atoms with Crippen LogP contribution in [0.3, 0.4) is 0 Å². The van der Waals surface area contributed by atoms with E-state index in [0.717, 1.165) is 31.6 Å². The van der Waals surface area contributed by atoms with Crippen molar-refractivity contribution in [3.05, 3.63) is 21.0 Å². The van der Waals surface area contributed by atoms with Gasteiger partial charge >= 0.3 is 0 Å². The van der Waals surface area contributed by atoms with Crippen molar-refractivity contribution >= 4 is 21.6 Å². The average Bonchev–Trinajstić information content (AvgIpc) is 2.45. The maximum absolute atomic E-state index is 12.1. The van der Waals surface area contributed by atoms with Crippen LogP contribution in [0.4, 0.5) is 5.69 Å². The minimum absolute atomic E-state index is 0.0962. The van der Waals surface area contributed by atoms with Crippen LogP contribution in [-0.2, 0) is 6.54 Å². The van der Waals surface area contributed by atoms with Gasteiger partial charge in [0.1, 0.15) is 4.47 Å². The van der Waals surface area contributed by atoms with E-state index in [1.807, 2.05) is 7.05 Å². The molecule has 2 rings (SSSR count). The van der Waals surface area contributed by atoms with Crippen LogP contribution in [0.25, 0.3) is 0 Å². The lowest BCUT2D eigenvalue weighted by atomic mass is 10.1. The number of aromatic nitrogens is 2.